The molecule has 2 aromatic rings. The van der Waals surface area contributed by atoms with E-state index in [-0.39, 0.29) is 11.4 Å². The fourth-order valence-corrected chi connectivity index (χ4v) is 1.72. The molecule has 3 N–H and O–H groups in total. The fraction of sp³-hybridized carbons (Fsp3) is 0.0833. The summed E-state index contributed by atoms with van der Waals surface area (Å²) in [6, 6.07) is 3.58. The summed E-state index contributed by atoms with van der Waals surface area (Å²) in [7, 11) is 1.29. The monoisotopic (exact) mass is 387 g/mol. The number of halogens is 1. The second-order valence-electron chi connectivity index (χ2n) is 3.78. The van der Waals surface area contributed by atoms with Crippen LogP contribution < -0.4 is 0 Å². The van der Waals surface area contributed by atoms with Gasteiger partial charge < -0.3 is 24.6 Å². The first-order valence-electron chi connectivity index (χ1n) is 5.71. The smallest absolute Gasteiger partial charge is 0.414 e. The number of fused-ring (bicyclic) bond motifs is 1. The van der Waals surface area contributed by atoms with Gasteiger partial charge >= 0.3 is 17.9 Å². The molecule has 0 aromatic carbocycles. The van der Waals surface area contributed by atoms with Crippen LogP contribution in [0.15, 0.2) is 34.2 Å². The predicted molar refractivity (Wildman–Crippen MR) is 79.3 cm³/mol. The number of carbonyl (C=O) groups is 3. The molecular formula is C12H10BrN3O7. The molecule has 0 saturated carbocycles. The molecule has 0 bridgehead atoms. The number of hydrogen-bond donors (Lipinski definition) is 3. The van der Waals surface area contributed by atoms with E-state index in [4.69, 9.17) is 24.9 Å². The molecule has 0 aliphatic heterocycles. The summed E-state index contributed by atoms with van der Waals surface area (Å²) in [6.45, 7) is 0. The van der Waals surface area contributed by atoms with Crippen LogP contribution in [0.5, 0.6) is 0 Å². The van der Waals surface area contributed by atoms with Gasteiger partial charge in [0.1, 0.15) is 18.5 Å². The topological polar surface area (TPSA) is 151 Å². The van der Waals surface area contributed by atoms with Gasteiger partial charge in [0.15, 0.2) is 0 Å². The lowest BCUT2D eigenvalue weighted by atomic mass is 10.3. The molecule has 23 heavy (non-hydrogen) atoms. The number of imidazole rings is 1. The van der Waals surface area contributed by atoms with E-state index < -0.39 is 17.9 Å². The molecule has 122 valence electrons. The molecule has 0 radical (unpaired) electrons. The van der Waals surface area contributed by atoms with Crippen LogP contribution in [0.1, 0.15) is 5.69 Å². The van der Waals surface area contributed by atoms with Gasteiger partial charge in [0.2, 0.25) is 5.71 Å². The maximum atomic E-state index is 11.0. The van der Waals surface area contributed by atoms with Crippen molar-refractivity contribution in [3.05, 3.63) is 34.7 Å². The number of carboxylic acids is 3. The lowest BCUT2D eigenvalue weighted by molar-refractivity contribution is -0.159. The molecule has 0 fully saturated rings. The maximum Gasteiger partial charge on any atom is 0.414 e. The molecule has 2 heterocycles. The van der Waals surface area contributed by atoms with Crippen LogP contribution in [-0.4, -0.2) is 55.4 Å². The number of carboxylic acid groups (broad SMARTS) is 3. The highest BCUT2D eigenvalue weighted by Gasteiger charge is 2.17. The highest BCUT2D eigenvalue weighted by molar-refractivity contribution is 9.10. The SMILES string of the molecule is CON=C(C(=O)O)c1cn2cc(Br)ccc2n1.O=C(O)C(=O)O. The molecule has 0 saturated heterocycles. The normalized spacial score (nSPS) is 10.6. The summed E-state index contributed by atoms with van der Waals surface area (Å²) in [6.07, 6.45) is 3.35. The molecule has 0 aliphatic rings. The molecular weight excluding hydrogens is 378 g/mol. The first-order valence-corrected chi connectivity index (χ1v) is 6.50. The Hall–Kier alpha value is -2.95. The van der Waals surface area contributed by atoms with Crippen molar-refractivity contribution in [1.82, 2.24) is 9.38 Å². The number of hydrogen-bond acceptors (Lipinski definition) is 6. The Balaban J connectivity index is 0.000000379. The van der Waals surface area contributed by atoms with E-state index >= 15 is 0 Å². The molecule has 0 amide bonds. The van der Waals surface area contributed by atoms with Gasteiger partial charge in [-0.3, -0.25) is 0 Å². The molecule has 0 unspecified atom stereocenters. The lowest BCUT2D eigenvalue weighted by Crippen LogP contribution is -2.15. The number of rotatable bonds is 3. The van der Waals surface area contributed by atoms with Crippen molar-refractivity contribution >= 4 is 45.2 Å². The first-order chi connectivity index (χ1) is 10.8. The second-order valence-corrected chi connectivity index (χ2v) is 4.69. The fourth-order valence-electron chi connectivity index (χ4n) is 1.37. The molecule has 0 atom stereocenters. The van der Waals surface area contributed by atoms with Crippen LogP contribution in [0.2, 0.25) is 0 Å². The molecule has 11 heteroatoms. The summed E-state index contributed by atoms with van der Waals surface area (Å²) in [5.41, 5.74) is 0.651. The largest absolute Gasteiger partial charge is 0.476 e. The van der Waals surface area contributed by atoms with E-state index in [2.05, 4.69) is 30.9 Å². The van der Waals surface area contributed by atoms with Crippen molar-refractivity contribution < 1.29 is 34.5 Å². The average molecular weight is 388 g/mol. The standard InChI is InChI=1S/C10H8BrN3O3.C2H2O4/c1-17-13-9(10(15)16)7-5-14-4-6(11)2-3-8(14)12-7;3-1(4)2(5)6/h2-5H,1H3,(H,15,16);(H,3,4)(H,5,6). The van der Waals surface area contributed by atoms with E-state index in [1.807, 2.05) is 6.07 Å². The Kier molecular flexibility index (Phi) is 6.21. The van der Waals surface area contributed by atoms with E-state index in [0.29, 0.717) is 5.65 Å². The van der Waals surface area contributed by atoms with Crippen molar-refractivity contribution in [2.24, 2.45) is 5.16 Å². The summed E-state index contributed by atoms with van der Waals surface area (Å²) in [5.74, 6) is -4.83. The Morgan fingerprint density at radius 1 is 1.13 bits per heavy atom. The van der Waals surface area contributed by atoms with E-state index in [1.165, 1.54) is 7.11 Å². The minimum atomic E-state index is -1.82. The minimum absolute atomic E-state index is 0.229. The number of nitrogens with zero attached hydrogens (tertiary/aromatic N) is 3. The number of pyridine rings is 1. The third-order valence-electron chi connectivity index (χ3n) is 2.23. The summed E-state index contributed by atoms with van der Waals surface area (Å²) >= 11 is 3.32. The van der Waals surface area contributed by atoms with Crippen LogP contribution in [0.25, 0.3) is 5.65 Å². The lowest BCUT2D eigenvalue weighted by Gasteiger charge is -1.94. The highest BCUT2D eigenvalue weighted by Crippen LogP contribution is 2.13. The zero-order chi connectivity index (χ0) is 17.6. The summed E-state index contributed by atoms with van der Waals surface area (Å²) < 4.78 is 2.57. The molecule has 0 spiro atoms. The Morgan fingerprint density at radius 2 is 1.74 bits per heavy atom. The van der Waals surface area contributed by atoms with Crippen LogP contribution in [0.4, 0.5) is 0 Å². The van der Waals surface area contributed by atoms with Gasteiger partial charge in [-0.15, -0.1) is 0 Å². The van der Waals surface area contributed by atoms with Gasteiger partial charge in [-0.1, -0.05) is 5.16 Å². The van der Waals surface area contributed by atoms with Crippen molar-refractivity contribution in [2.45, 2.75) is 0 Å². The van der Waals surface area contributed by atoms with Gasteiger partial charge in [0.05, 0.1) is 0 Å². The first kappa shape index (κ1) is 18.1. The van der Waals surface area contributed by atoms with E-state index in [1.54, 1.807) is 22.9 Å². The Bertz CT molecular complexity index is 772. The highest BCUT2D eigenvalue weighted by atomic mass is 79.9. The van der Waals surface area contributed by atoms with E-state index in [9.17, 15) is 4.79 Å². The van der Waals surface area contributed by atoms with Crippen molar-refractivity contribution in [1.29, 1.82) is 0 Å². The quantitative estimate of drug-likeness (QED) is 0.395. The third-order valence-corrected chi connectivity index (χ3v) is 2.69. The third kappa shape index (κ3) is 5.07. The molecule has 10 nitrogen and oxygen atoms in total. The van der Waals surface area contributed by atoms with Crippen LogP contribution in [-0.2, 0) is 19.2 Å². The van der Waals surface area contributed by atoms with Gasteiger partial charge in [0.25, 0.3) is 0 Å². The zero-order valence-corrected chi connectivity index (χ0v) is 13.1. The van der Waals surface area contributed by atoms with Crippen LogP contribution >= 0.6 is 15.9 Å². The zero-order valence-electron chi connectivity index (χ0n) is 11.5. The van der Waals surface area contributed by atoms with Crippen molar-refractivity contribution in [3.63, 3.8) is 0 Å². The van der Waals surface area contributed by atoms with Crippen LogP contribution in [0, 0.1) is 0 Å². The molecule has 0 aliphatic carbocycles. The summed E-state index contributed by atoms with van der Waals surface area (Å²) in [4.78, 5) is 37.8. The van der Waals surface area contributed by atoms with Gasteiger partial charge in [-0.25, -0.2) is 19.4 Å². The number of aromatic nitrogens is 2. The average Bonchev–Trinajstić information content (AvgIpc) is 2.87. The predicted octanol–water partition coefficient (Wildman–Crippen LogP) is 0.688. The maximum absolute atomic E-state index is 11.0. The Morgan fingerprint density at radius 3 is 2.22 bits per heavy atom. The Labute approximate surface area is 136 Å². The minimum Gasteiger partial charge on any atom is -0.476 e. The van der Waals surface area contributed by atoms with Crippen molar-refractivity contribution in [3.8, 4) is 0 Å². The van der Waals surface area contributed by atoms with Gasteiger partial charge in [-0.2, -0.15) is 0 Å². The number of aliphatic carboxylic acids is 3. The van der Waals surface area contributed by atoms with E-state index in [0.717, 1.165) is 4.47 Å². The second kappa shape index (κ2) is 7.89. The van der Waals surface area contributed by atoms with Gasteiger partial charge in [0, 0.05) is 16.9 Å². The molecule has 2 aromatic heterocycles. The van der Waals surface area contributed by atoms with Gasteiger partial charge in [-0.05, 0) is 28.1 Å². The summed E-state index contributed by atoms with van der Waals surface area (Å²) in [5, 5.41) is 27.2. The molecule has 2 rings (SSSR count). The number of oxime groups is 1. The van der Waals surface area contributed by atoms with Crippen LogP contribution in [0.3, 0.4) is 0 Å². The van der Waals surface area contributed by atoms with Crippen molar-refractivity contribution in [2.75, 3.05) is 7.11 Å².